The number of aliphatic imine (C=N–C) groups is 1. The lowest BCUT2D eigenvalue weighted by molar-refractivity contribution is -0.143. The Morgan fingerprint density at radius 3 is 1.64 bits per heavy atom. The van der Waals surface area contributed by atoms with E-state index in [-0.39, 0.29) is 107 Å². The van der Waals surface area contributed by atoms with Crippen molar-refractivity contribution in [3.63, 3.8) is 0 Å². The molecule has 1 heterocycles. The van der Waals surface area contributed by atoms with Crippen LogP contribution >= 0.6 is 11.8 Å². The summed E-state index contributed by atoms with van der Waals surface area (Å²) in [5.41, 5.74) is 23.6. The number of likely N-dealkylation sites (tertiary alicyclic amines) is 1. The molecule has 0 saturated carbocycles. The van der Waals surface area contributed by atoms with Gasteiger partial charge in [0.15, 0.2) is 5.96 Å². The molecule has 0 bridgehead atoms. The van der Waals surface area contributed by atoms with E-state index in [1.54, 1.807) is 50.4 Å². The van der Waals surface area contributed by atoms with Gasteiger partial charge in [0.25, 0.3) is 0 Å². The Kier molecular flexibility index (Phi) is 32.0. The molecule has 0 aromatic heterocycles. The van der Waals surface area contributed by atoms with Gasteiger partial charge < -0.3 is 90.8 Å². The van der Waals surface area contributed by atoms with E-state index in [4.69, 9.17) is 28.0 Å². The minimum Gasteiger partial charge on any atom is -0.508 e. The smallest absolute Gasteiger partial charge is 0.326 e. The quantitative estimate of drug-likeness (QED) is 0.0187. The second kappa shape index (κ2) is 38.1. The summed E-state index contributed by atoms with van der Waals surface area (Å²) in [5, 5.41) is 59.8. The highest BCUT2D eigenvalue weighted by molar-refractivity contribution is 7.98. The first-order valence-electron chi connectivity index (χ1n) is 29.7. The van der Waals surface area contributed by atoms with Crippen molar-refractivity contribution in [2.24, 2.45) is 39.8 Å². The highest BCUT2D eigenvalue weighted by Crippen LogP contribution is 2.22. The lowest BCUT2D eigenvalue weighted by atomic mass is 10.0. The van der Waals surface area contributed by atoms with Crippen molar-refractivity contribution >= 4 is 88.7 Å². The first-order valence-corrected chi connectivity index (χ1v) is 31.1. The predicted octanol–water partition coefficient (Wildman–Crippen LogP) is -2.52. The summed E-state index contributed by atoms with van der Waals surface area (Å²) in [6.45, 7) is 8.36. The number of aromatic hydroxyl groups is 1. The minimum absolute atomic E-state index is 0.00366. The third-order valence-corrected chi connectivity index (χ3v) is 15.0. The van der Waals surface area contributed by atoms with E-state index in [0.29, 0.717) is 17.5 Å². The number of nitrogens with zero attached hydrogens (tertiary/aromatic N) is 2. The van der Waals surface area contributed by atoms with Crippen molar-refractivity contribution in [2.75, 3.05) is 25.1 Å². The molecule has 10 amide bonds. The van der Waals surface area contributed by atoms with Gasteiger partial charge in [-0.1, -0.05) is 70.2 Å². The van der Waals surface area contributed by atoms with E-state index in [1.807, 2.05) is 13.8 Å². The van der Waals surface area contributed by atoms with Gasteiger partial charge in [-0.05, 0) is 105 Å². The Bertz CT molecular complexity index is 2810. The number of hydrogen-bond donors (Lipinski definition) is 16. The number of aliphatic carboxylic acids is 2. The van der Waals surface area contributed by atoms with E-state index >= 15 is 0 Å². The fraction of sp³-hybridized carbons (Fsp3) is 0.576. The maximum atomic E-state index is 14.7. The molecule has 90 heavy (non-hydrogen) atoms. The van der Waals surface area contributed by atoms with Gasteiger partial charge >= 0.3 is 11.9 Å². The van der Waals surface area contributed by atoms with Gasteiger partial charge in [0, 0.05) is 32.4 Å². The molecule has 31 heteroatoms. The SMILES string of the molecule is CSCC[C@H](NC(=O)[C@H](Cc1ccccc1)NC(=O)[C@H](CCCN=C(N)N)NC(=O)[C@@H]1CCCN1C(=O)[C@H](CC(C)C)NC(=O)[C@@H](N)CCC(=O)O)C(=O)N[C@@H](CC(N)=O)C(=O)N[C@@H](Cc1ccc(O)cc1)C(=O)N[C@H](C(=O)N[C@@H](CC(C)C)C(=O)O)[C@@H](C)O. The van der Waals surface area contributed by atoms with E-state index in [2.05, 4.69) is 47.5 Å². The van der Waals surface area contributed by atoms with Crippen LogP contribution in [0.2, 0.25) is 0 Å². The molecule has 0 radical (unpaired) electrons. The third kappa shape index (κ3) is 26.6. The minimum atomic E-state index is -1.83. The van der Waals surface area contributed by atoms with Crippen LogP contribution in [0.15, 0.2) is 59.6 Å². The number of benzene rings is 2. The zero-order chi connectivity index (χ0) is 67.4. The van der Waals surface area contributed by atoms with Crippen LogP contribution in [-0.4, -0.2) is 194 Å². The molecule has 2 aromatic carbocycles. The Morgan fingerprint density at radius 1 is 0.611 bits per heavy atom. The Hall–Kier alpha value is -8.58. The summed E-state index contributed by atoms with van der Waals surface area (Å²) in [4.78, 5) is 168. The van der Waals surface area contributed by atoms with Crippen LogP contribution in [0.3, 0.4) is 0 Å². The van der Waals surface area contributed by atoms with Gasteiger partial charge in [0.1, 0.15) is 60.1 Å². The van der Waals surface area contributed by atoms with Gasteiger partial charge in [0.05, 0.1) is 18.6 Å². The molecule has 0 unspecified atom stereocenters. The molecule has 20 N–H and O–H groups in total. The first kappa shape index (κ1) is 75.7. The van der Waals surface area contributed by atoms with E-state index in [1.165, 1.54) is 40.9 Å². The summed E-state index contributed by atoms with van der Waals surface area (Å²) < 4.78 is 0. The van der Waals surface area contributed by atoms with Crippen LogP contribution in [-0.2, 0) is 70.4 Å². The molecular formula is C59H90N14O16S. The van der Waals surface area contributed by atoms with Crippen molar-refractivity contribution in [3.8, 4) is 5.75 Å². The number of aliphatic hydroxyl groups is 1. The maximum absolute atomic E-state index is 14.7. The van der Waals surface area contributed by atoms with E-state index in [0.717, 1.165) is 6.92 Å². The summed E-state index contributed by atoms with van der Waals surface area (Å²) in [6.07, 6.45) is -1.24. The number of carbonyl (C=O) groups excluding carboxylic acids is 10. The Labute approximate surface area is 526 Å². The lowest BCUT2D eigenvalue weighted by Crippen LogP contribution is -2.62. The summed E-state index contributed by atoms with van der Waals surface area (Å²) in [5.74, 6) is -12.3. The molecule has 2 aromatic rings. The number of carbonyl (C=O) groups is 12. The highest BCUT2D eigenvalue weighted by Gasteiger charge is 2.41. The molecule has 1 aliphatic heterocycles. The third-order valence-electron chi connectivity index (χ3n) is 14.3. The average molecular weight is 1280 g/mol. The van der Waals surface area contributed by atoms with E-state index < -0.39 is 144 Å². The van der Waals surface area contributed by atoms with Gasteiger partial charge in [-0.25, -0.2) is 4.79 Å². The number of nitrogens with two attached hydrogens (primary N) is 4. The van der Waals surface area contributed by atoms with Gasteiger partial charge in [-0.15, -0.1) is 0 Å². The number of guanidine groups is 1. The first-order chi connectivity index (χ1) is 42.4. The van der Waals surface area contributed by atoms with Crippen LogP contribution in [0.5, 0.6) is 5.75 Å². The largest absolute Gasteiger partial charge is 0.508 e. The number of nitrogens with one attached hydrogen (secondary N) is 8. The molecule has 1 aliphatic rings. The molecule has 498 valence electrons. The second-order valence-electron chi connectivity index (χ2n) is 22.9. The van der Waals surface area contributed by atoms with Crippen molar-refractivity contribution < 1.29 is 78.0 Å². The predicted molar refractivity (Wildman–Crippen MR) is 332 cm³/mol. The van der Waals surface area contributed by atoms with Crippen molar-refractivity contribution in [1.29, 1.82) is 0 Å². The number of phenolic OH excluding ortho intramolecular Hbond substituents is 1. The number of hydrogen-bond acceptors (Lipinski definition) is 17. The van der Waals surface area contributed by atoms with Crippen molar-refractivity contribution in [2.45, 2.75) is 178 Å². The van der Waals surface area contributed by atoms with Crippen LogP contribution in [0.25, 0.3) is 0 Å². The molecule has 11 atom stereocenters. The normalized spacial score (nSPS) is 16.2. The number of primary amides is 1. The Balaban J connectivity index is 1.98. The number of amides is 10. The number of aliphatic hydroxyl groups excluding tert-OH is 1. The molecule has 30 nitrogen and oxygen atoms in total. The monoisotopic (exact) mass is 1280 g/mol. The average Bonchev–Trinajstić information content (AvgIpc) is 1.98. The molecular weight excluding hydrogens is 1190 g/mol. The summed E-state index contributed by atoms with van der Waals surface area (Å²) in [7, 11) is 0. The highest BCUT2D eigenvalue weighted by atomic mass is 32.2. The molecule has 0 spiro atoms. The van der Waals surface area contributed by atoms with Gasteiger partial charge in [0.2, 0.25) is 59.1 Å². The zero-order valence-corrected chi connectivity index (χ0v) is 52.4. The molecule has 0 aliphatic carbocycles. The lowest BCUT2D eigenvalue weighted by Gasteiger charge is -2.31. The van der Waals surface area contributed by atoms with Crippen LogP contribution in [0.4, 0.5) is 0 Å². The zero-order valence-electron chi connectivity index (χ0n) is 51.6. The number of phenols is 1. The maximum Gasteiger partial charge on any atom is 0.326 e. The molecule has 1 fully saturated rings. The Morgan fingerprint density at radius 2 is 1.11 bits per heavy atom. The summed E-state index contributed by atoms with van der Waals surface area (Å²) >= 11 is 1.28. The number of carboxylic acid groups (broad SMARTS) is 2. The van der Waals surface area contributed by atoms with Crippen LogP contribution in [0.1, 0.15) is 110 Å². The standard InChI is InChI=1S/C59H90N14O16S/c1-31(2)26-43(70-49(79)37(60)20-21-47(77)78)57(87)73-24-11-15-45(73)55(85)66-38(14-10-23-64-59(62)63)50(80)67-40(28-34-12-8-7-9-13-34)52(82)65-39(22-25-90-6)51(81)69-42(30-46(61)76)53(83)68-41(29-35-16-18-36(75)19-17-35)54(84)72-48(33(5)74)56(86)71-44(58(88)89)27-32(3)4/h7-9,12-13,16-19,31-33,37-45,48,74-75H,10-11,14-15,20-30,60H2,1-6H3,(H2,61,76)(H,65,82)(H,66,85)(H,67,80)(H,68,83)(H,69,81)(H,70,79)(H,71,86)(H,72,84)(H,77,78)(H,88,89)(H4,62,63,64)/t33-,37+,38+,39+,40+,41+,42+,43+,44+,45+,48+/m1/s1. The van der Waals surface area contributed by atoms with Gasteiger partial charge in [-0.2, -0.15) is 11.8 Å². The molecule has 1 saturated heterocycles. The number of rotatable bonds is 39. The van der Waals surface area contributed by atoms with Crippen LogP contribution in [0, 0.1) is 11.8 Å². The number of thioether (sulfide) groups is 1. The fourth-order valence-corrected chi connectivity index (χ4v) is 10.2. The van der Waals surface area contributed by atoms with Gasteiger partial charge in [-0.3, -0.25) is 57.7 Å². The molecule has 3 rings (SSSR count). The van der Waals surface area contributed by atoms with E-state index in [9.17, 15) is 72.9 Å². The van der Waals surface area contributed by atoms with Crippen molar-refractivity contribution in [3.05, 3.63) is 65.7 Å². The van der Waals surface area contributed by atoms with Crippen molar-refractivity contribution in [1.82, 2.24) is 47.4 Å². The topological polar surface area (TPSA) is 502 Å². The van der Waals surface area contributed by atoms with Crippen LogP contribution < -0.4 is 65.5 Å². The summed E-state index contributed by atoms with van der Waals surface area (Å²) in [6, 6.07) is -0.640. The number of carboxylic acids is 2. The fourth-order valence-electron chi connectivity index (χ4n) is 9.68. The second-order valence-corrected chi connectivity index (χ2v) is 23.9.